The van der Waals surface area contributed by atoms with Crippen molar-refractivity contribution in [3.05, 3.63) is 23.5 Å². The first kappa shape index (κ1) is 9.00. The van der Waals surface area contributed by atoms with Crippen molar-refractivity contribution in [2.45, 2.75) is 20.0 Å². The Labute approximate surface area is 72.3 Å². The van der Waals surface area contributed by atoms with E-state index in [-0.39, 0.29) is 6.10 Å². The highest BCUT2D eigenvalue weighted by Crippen LogP contribution is 2.07. The molecule has 0 aliphatic rings. The van der Waals surface area contributed by atoms with Crippen LogP contribution in [0.2, 0.25) is 0 Å². The van der Waals surface area contributed by atoms with Gasteiger partial charge in [-0.15, -0.1) is 0 Å². The summed E-state index contributed by atoms with van der Waals surface area (Å²) in [5.41, 5.74) is 1.95. The van der Waals surface area contributed by atoms with Gasteiger partial charge in [-0.3, -0.25) is 4.68 Å². The van der Waals surface area contributed by atoms with Crippen LogP contribution >= 0.6 is 0 Å². The van der Waals surface area contributed by atoms with Gasteiger partial charge in [0.15, 0.2) is 0 Å². The van der Waals surface area contributed by atoms with Crippen molar-refractivity contribution in [2.75, 3.05) is 0 Å². The zero-order valence-electron chi connectivity index (χ0n) is 7.65. The molecule has 0 aliphatic carbocycles. The fraction of sp³-hybridized carbons (Fsp3) is 0.444. The standard InChI is InChI=1S/C9H14N2O/c1-7(8(2)12)6-9-4-5-10-11(9)3/h4-6,8,12H,1-3H3. The van der Waals surface area contributed by atoms with E-state index in [1.54, 1.807) is 17.8 Å². The molecule has 66 valence electrons. The minimum absolute atomic E-state index is 0.389. The van der Waals surface area contributed by atoms with Gasteiger partial charge in [0.25, 0.3) is 0 Å². The summed E-state index contributed by atoms with van der Waals surface area (Å²) in [5.74, 6) is 0. The number of hydrogen-bond acceptors (Lipinski definition) is 2. The van der Waals surface area contributed by atoms with Gasteiger partial charge in [0, 0.05) is 13.2 Å². The zero-order valence-corrected chi connectivity index (χ0v) is 7.65. The normalized spacial score (nSPS) is 14.8. The van der Waals surface area contributed by atoms with Crippen molar-refractivity contribution in [1.29, 1.82) is 0 Å². The van der Waals surface area contributed by atoms with E-state index in [0.29, 0.717) is 0 Å². The fourth-order valence-corrected chi connectivity index (χ4v) is 0.880. The molecule has 0 radical (unpaired) electrons. The van der Waals surface area contributed by atoms with Crippen molar-refractivity contribution in [3.63, 3.8) is 0 Å². The molecule has 0 fully saturated rings. The summed E-state index contributed by atoms with van der Waals surface area (Å²) in [6, 6.07) is 1.91. The lowest BCUT2D eigenvalue weighted by Crippen LogP contribution is -2.01. The maximum absolute atomic E-state index is 9.21. The summed E-state index contributed by atoms with van der Waals surface area (Å²) in [7, 11) is 1.88. The highest BCUT2D eigenvalue weighted by atomic mass is 16.3. The van der Waals surface area contributed by atoms with Gasteiger partial charge in [-0.05, 0) is 31.6 Å². The van der Waals surface area contributed by atoms with Crippen LogP contribution < -0.4 is 0 Å². The molecule has 1 unspecified atom stereocenters. The minimum Gasteiger partial charge on any atom is -0.389 e. The quantitative estimate of drug-likeness (QED) is 0.717. The van der Waals surface area contributed by atoms with Gasteiger partial charge in [0.05, 0.1) is 11.8 Å². The second kappa shape index (κ2) is 3.54. The van der Waals surface area contributed by atoms with Gasteiger partial charge >= 0.3 is 0 Å². The van der Waals surface area contributed by atoms with Gasteiger partial charge < -0.3 is 5.11 Å². The first-order chi connectivity index (χ1) is 5.61. The molecule has 1 atom stereocenters. The fourth-order valence-electron chi connectivity index (χ4n) is 0.880. The van der Waals surface area contributed by atoms with E-state index in [1.807, 2.05) is 26.1 Å². The molecule has 0 saturated carbocycles. The summed E-state index contributed by atoms with van der Waals surface area (Å²) in [6.45, 7) is 3.65. The molecular weight excluding hydrogens is 152 g/mol. The number of aliphatic hydroxyl groups excluding tert-OH is 1. The third-order valence-electron chi connectivity index (χ3n) is 1.89. The number of nitrogens with zero attached hydrogens (tertiary/aromatic N) is 2. The lowest BCUT2D eigenvalue weighted by Gasteiger charge is -2.03. The third-order valence-corrected chi connectivity index (χ3v) is 1.89. The molecule has 3 heteroatoms. The molecule has 0 aromatic carbocycles. The van der Waals surface area contributed by atoms with Crippen LogP contribution in [0.3, 0.4) is 0 Å². The van der Waals surface area contributed by atoms with Crippen LogP contribution in [0.25, 0.3) is 6.08 Å². The molecule has 1 aromatic heterocycles. The Kier molecular flexibility index (Phi) is 2.65. The molecule has 0 amide bonds. The smallest absolute Gasteiger partial charge is 0.0723 e. The molecule has 0 bridgehead atoms. The zero-order chi connectivity index (χ0) is 9.14. The van der Waals surface area contributed by atoms with Gasteiger partial charge in [0.2, 0.25) is 0 Å². The van der Waals surface area contributed by atoms with Crippen LogP contribution in [0, 0.1) is 0 Å². The van der Waals surface area contributed by atoms with Crippen LogP contribution in [-0.2, 0) is 7.05 Å². The maximum atomic E-state index is 9.21. The van der Waals surface area contributed by atoms with E-state index >= 15 is 0 Å². The summed E-state index contributed by atoms with van der Waals surface area (Å²) < 4.78 is 1.77. The molecule has 1 N–H and O–H groups in total. The van der Waals surface area contributed by atoms with E-state index in [2.05, 4.69) is 5.10 Å². The lowest BCUT2D eigenvalue weighted by molar-refractivity contribution is 0.232. The molecule has 3 nitrogen and oxygen atoms in total. The highest BCUT2D eigenvalue weighted by molar-refractivity contribution is 5.49. The minimum atomic E-state index is -0.389. The second-order valence-electron chi connectivity index (χ2n) is 2.94. The summed E-state index contributed by atoms with van der Waals surface area (Å²) in [4.78, 5) is 0. The molecule has 12 heavy (non-hydrogen) atoms. The van der Waals surface area contributed by atoms with Crippen molar-refractivity contribution in [1.82, 2.24) is 9.78 Å². The van der Waals surface area contributed by atoms with E-state index in [0.717, 1.165) is 11.3 Å². The number of aliphatic hydroxyl groups is 1. The Balaban J connectivity index is 2.87. The highest BCUT2D eigenvalue weighted by Gasteiger charge is 1.99. The van der Waals surface area contributed by atoms with Crippen LogP contribution in [0.15, 0.2) is 17.8 Å². The summed E-state index contributed by atoms with van der Waals surface area (Å²) >= 11 is 0. The van der Waals surface area contributed by atoms with Gasteiger partial charge in [0.1, 0.15) is 0 Å². The Hall–Kier alpha value is -1.09. The summed E-state index contributed by atoms with van der Waals surface area (Å²) in [6.07, 6.45) is 3.28. The van der Waals surface area contributed by atoms with E-state index in [9.17, 15) is 5.11 Å². The van der Waals surface area contributed by atoms with Crippen LogP contribution in [0.4, 0.5) is 0 Å². The third kappa shape index (κ3) is 1.95. The SMILES string of the molecule is CC(=Cc1ccnn1C)C(C)O. The van der Waals surface area contributed by atoms with Crippen molar-refractivity contribution >= 4 is 6.08 Å². The van der Waals surface area contributed by atoms with Gasteiger partial charge in [-0.25, -0.2) is 0 Å². The topological polar surface area (TPSA) is 38.0 Å². The van der Waals surface area contributed by atoms with E-state index < -0.39 is 0 Å². The van der Waals surface area contributed by atoms with E-state index in [4.69, 9.17) is 0 Å². The molecule has 1 rings (SSSR count). The lowest BCUT2D eigenvalue weighted by atomic mass is 10.1. The average Bonchev–Trinajstić information content (AvgIpc) is 2.36. The Morgan fingerprint density at radius 2 is 2.42 bits per heavy atom. The summed E-state index contributed by atoms with van der Waals surface area (Å²) in [5, 5.41) is 13.2. The molecule has 1 aromatic rings. The van der Waals surface area contributed by atoms with Crippen LogP contribution in [0.1, 0.15) is 19.5 Å². The van der Waals surface area contributed by atoms with Crippen molar-refractivity contribution in [3.8, 4) is 0 Å². The van der Waals surface area contributed by atoms with Gasteiger partial charge in [-0.1, -0.05) is 0 Å². The van der Waals surface area contributed by atoms with Crippen LogP contribution in [-0.4, -0.2) is 21.0 Å². The van der Waals surface area contributed by atoms with E-state index in [1.165, 1.54) is 0 Å². The predicted molar refractivity (Wildman–Crippen MR) is 48.5 cm³/mol. The molecule has 1 heterocycles. The maximum Gasteiger partial charge on any atom is 0.0723 e. The molecular formula is C9H14N2O. The Morgan fingerprint density at radius 1 is 1.75 bits per heavy atom. The molecule has 0 spiro atoms. The van der Waals surface area contributed by atoms with Gasteiger partial charge in [-0.2, -0.15) is 5.10 Å². The molecule has 0 aliphatic heterocycles. The molecule has 0 saturated heterocycles. The Bertz CT molecular complexity index is 286. The monoisotopic (exact) mass is 166 g/mol. The second-order valence-corrected chi connectivity index (χ2v) is 2.94. The van der Waals surface area contributed by atoms with Crippen LogP contribution in [0.5, 0.6) is 0 Å². The average molecular weight is 166 g/mol. The largest absolute Gasteiger partial charge is 0.389 e. The first-order valence-electron chi connectivity index (χ1n) is 3.95. The first-order valence-corrected chi connectivity index (χ1v) is 3.95. The van der Waals surface area contributed by atoms with Crippen molar-refractivity contribution < 1.29 is 5.11 Å². The van der Waals surface area contributed by atoms with Crippen molar-refractivity contribution in [2.24, 2.45) is 7.05 Å². The predicted octanol–water partition coefficient (Wildman–Crippen LogP) is 1.20. The number of aromatic nitrogens is 2. The number of rotatable bonds is 2. The number of hydrogen-bond donors (Lipinski definition) is 1. The Morgan fingerprint density at radius 3 is 2.83 bits per heavy atom. The number of aryl methyl sites for hydroxylation is 1.